The van der Waals surface area contributed by atoms with Gasteiger partial charge in [-0.25, -0.2) is 0 Å². The highest BCUT2D eigenvalue weighted by Gasteiger charge is 2.10. The van der Waals surface area contributed by atoms with Crippen molar-refractivity contribution in [1.82, 2.24) is 0 Å². The number of ether oxygens (including phenoxy) is 1. The van der Waals surface area contributed by atoms with Crippen LogP contribution in [-0.2, 0) is 9.53 Å². The van der Waals surface area contributed by atoms with E-state index in [2.05, 4.69) is 6.58 Å². The van der Waals surface area contributed by atoms with Crippen LogP contribution < -0.4 is 0 Å². The molecule has 0 heterocycles. The molecule has 0 N–H and O–H groups in total. The molecule has 0 aromatic rings. The molecule has 0 radical (unpaired) electrons. The minimum atomic E-state index is -0.308. The van der Waals surface area contributed by atoms with Crippen LogP contribution in [0.4, 0.5) is 0 Å². The van der Waals surface area contributed by atoms with E-state index in [1.807, 2.05) is 20.8 Å². The van der Waals surface area contributed by atoms with Crippen LogP contribution in [0.2, 0.25) is 0 Å². The fourth-order valence-corrected chi connectivity index (χ4v) is 0.417. The van der Waals surface area contributed by atoms with Crippen LogP contribution in [0, 0.1) is 0 Å². The van der Waals surface area contributed by atoms with Crippen molar-refractivity contribution >= 4 is 6.29 Å². The summed E-state index contributed by atoms with van der Waals surface area (Å²) in [5, 5.41) is 0. The van der Waals surface area contributed by atoms with Crippen molar-refractivity contribution in [3.8, 4) is 0 Å². The number of hydrogen-bond acceptors (Lipinski definition) is 2. The summed E-state index contributed by atoms with van der Waals surface area (Å²) in [7, 11) is 0. The Morgan fingerprint density at radius 1 is 1.56 bits per heavy atom. The van der Waals surface area contributed by atoms with Crippen molar-refractivity contribution in [2.45, 2.75) is 26.4 Å². The molecular formula is C7H12O2. The zero-order valence-electron chi connectivity index (χ0n) is 6.10. The van der Waals surface area contributed by atoms with E-state index in [1.54, 1.807) is 0 Å². The second-order valence-corrected chi connectivity index (χ2v) is 2.80. The van der Waals surface area contributed by atoms with Crippen LogP contribution in [0.25, 0.3) is 0 Å². The summed E-state index contributed by atoms with van der Waals surface area (Å²) in [5.41, 5.74) is -0.308. The molecule has 0 aromatic carbocycles. The van der Waals surface area contributed by atoms with Gasteiger partial charge in [0.25, 0.3) is 0 Å². The maximum Gasteiger partial charge on any atom is 0.184 e. The molecule has 0 aliphatic carbocycles. The van der Waals surface area contributed by atoms with Gasteiger partial charge in [-0.05, 0) is 20.8 Å². The Bertz CT molecular complexity index is 119. The fraction of sp³-hybridized carbons (Fsp3) is 0.571. The molecule has 2 nitrogen and oxygen atoms in total. The van der Waals surface area contributed by atoms with Crippen LogP contribution in [0.1, 0.15) is 20.8 Å². The summed E-state index contributed by atoms with van der Waals surface area (Å²) < 4.78 is 5.02. The van der Waals surface area contributed by atoms with Gasteiger partial charge in [-0.2, -0.15) is 0 Å². The molecule has 0 saturated carbocycles. The molecule has 0 aliphatic heterocycles. The number of allylic oxidation sites excluding steroid dienone is 1. The van der Waals surface area contributed by atoms with Crippen molar-refractivity contribution in [3.63, 3.8) is 0 Å². The summed E-state index contributed by atoms with van der Waals surface area (Å²) in [6, 6.07) is 0. The largest absolute Gasteiger partial charge is 0.485 e. The molecule has 0 rings (SSSR count). The quantitative estimate of drug-likeness (QED) is 0.320. The number of hydrogen-bond donors (Lipinski definition) is 0. The standard InChI is InChI=1S/C7H12O2/c1-6(5-8)9-7(2,3)4/h5H,1H2,2-4H3. The molecule has 0 unspecified atom stereocenters. The van der Waals surface area contributed by atoms with Crippen molar-refractivity contribution in [2.75, 3.05) is 0 Å². The molecule has 2 heteroatoms. The number of rotatable bonds is 2. The Kier molecular flexibility index (Phi) is 2.43. The average Bonchev–Trinajstić information content (AvgIpc) is 1.62. The van der Waals surface area contributed by atoms with E-state index in [4.69, 9.17) is 4.74 Å². The number of carbonyl (C=O) groups is 1. The Balaban J connectivity index is 3.74. The van der Waals surface area contributed by atoms with Crippen molar-refractivity contribution in [3.05, 3.63) is 12.3 Å². The highest BCUT2D eigenvalue weighted by Crippen LogP contribution is 2.09. The van der Waals surface area contributed by atoms with E-state index in [0.29, 0.717) is 6.29 Å². The van der Waals surface area contributed by atoms with Gasteiger partial charge in [0.1, 0.15) is 5.60 Å². The third-order valence-corrected chi connectivity index (χ3v) is 0.569. The zero-order chi connectivity index (χ0) is 7.49. The normalized spacial score (nSPS) is 10.6. The van der Waals surface area contributed by atoms with E-state index >= 15 is 0 Å². The van der Waals surface area contributed by atoms with Gasteiger partial charge in [-0.1, -0.05) is 6.58 Å². The first-order valence-corrected chi connectivity index (χ1v) is 2.79. The predicted octanol–water partition coefficient (Wildman–Crippen LogP) is 1.51. The fourth-order valence-electron chi connectivity index (χ4n) is 0.417. The first-order valence-electron chi connectivity index (χ1n) is 2.79. The van der Waals surface area contributed by atoms with E-state index < -0.39 is 0 Å². The summed E-state index contributed by atoms with van der Waals surface area (Å²) in [6.07, 6.45) is 0.602. The third kappa shape index (κ3) is 5.07. The number of carbonyl (C=O) groups excluding carboxylic acids is 1. The summed E-state index contributed by atoms with van der Waals surface area (Å²) >= 11 is 0. The van der Waals surface area contributed by atoms with Gasteiger partial charge < -0.3 is 4.74 Å². The van der Waals surface area contributed by atoms with Crippen molar-refractivity contribution < 1.29 is 9.53 Å². The van der Waals surface area contributed by atoms with Gasteiger partial charge in [-0.3, -0.25) is 4.79 Å². The summed E-state index contributed by atoms with van der Waals surface area (Å²) in [6.45, 7) is 8.96. The average molecular weight is 128 g/mol. The minimum absolute atomic E-state index is 0.183. The topological polar surface area (TPSA) is 26.3 Å². The second kappa shape index (κ2) is 2.67. The van der Waals surface area contributed by atoms with Gasteiger partial charge >= 0.3 is 0 Å². The van der Waals surface area contributed by atoms with E-state index in [-0.39, 0.29) is 11.4 Å². The molecule has 0 atom stereocenters. The van der Waals surface area contributed by atoms with Crippen LogP contribution in [0.5, 0.6) is 0 Å². The first-order chi connectivity index (χ1) is 3.95. The van der Waals surface area contributed by atoms with Crippen LogP contribution in [0.15, 0.2) is 12.3 Å². The molecule has 52 valence electrons. The lowest BCUT2D eigenvalue weighted by Gasteiger charge is -2.19. The molecule has 0 fully saturated rings. The minimum Gasteiger partial charge on any atom is -0.485 e. The van der Waals surface area contributed by atoms with Gasteiger partial charge in [0.2, 0.25) is 0 Å². The van der Waals surface area contributed by atoms with Gasteiger partial charge in [0.05, 0.1) is 0 Å². The van der Waals surface area contributed by atoms with Crippen LogP contribution >= 0.6 is 0 Å². The molecule has 0 aromatic heterocycles. The molecule has 0 aliphatic rings. The van der Waals surface area contributed by atoms with Gasteiger partial charge in [0, 0.05) is 0 Å². The molecule has 9 heavy (non-hydrogen) atoms. The van der Waals surface area contributed by atoms with Crippen molar-refractivity contribution in [1.29, 1.82) is 0 Å². The smallest absolute Gasteiger partial charge is 0.184 e. The lowest BCUT2D eigenvalue weighted by atomic mass is 10.2. The molecular weight excluding hydrogens is 116 g/mol. The van der Waals surface area contributed by atoms with Gasteiger partial charge in [-0.15, -0.1) is 0 Å². The number of aldehydes is 1. The van der Waals surface area contributed by atoms with Gasteiger partial charge in [0.15, 0.2) is 12.0 Å². The molecule has 0 spiro atoms. The predicted molar refractivity (Wildman–Crippen MR) is 36.0 cm³/mol. The van der Waals surface area contributed by atoms with E-state index in [0.717, 1.165) is 0 Å². The summed E-state index contributed by atoms with van der Waals surface area (Å²) in [4.78, 5) is 9.96. The third-order valence-electron chi connectivity index (χ3n) is 0.569. The van der Waals surface area contributed by atoms with Crippen LogP contribution in [0.3, 0.4) is 0 Å². The monoisotopic (exact) mass is 128 g/mol. The van der Waals surface area contributed by atoms with Crippen molar-refractivity contribution in [2.24, 2.45) is 0 Å². The maximum absolute atomic E-state index is 9.96. The lowest BCUT2D eigenvalue weighted by molar-refractivity contribution is -0.110. The second-order valence-electron chi connectivity index (χ2n) is 2.80. The lowest BCUT2D eigenvalue weighted by Crippen LogP contribution is -2.18. The molecule has 0 bridgehead atoms. The first kappa shape index (κ1) is 8.21. The van der Waals surface area contributed by atoms with Crippen LogP contribution in [-0.4, -0.2) is 11.9 Å². The van der Waals surface area contributed by atoms with E-state index in [1.165, 1.54) is 0 Å². The Labute approximate surface area is 55.5 Å². The Morgan fingerprint density at radius 3 is 2.11 bits per heavy atom. The zero-order valence-corrected chi connectivity index (χ0v) is 6.10. The SMILES string of the molecule is C=C(C=O)OC(C)(C)C. The van der Waals surface area contributed by atoms with E-state index in [9.17, 15) is 4.79 Å². The highest BCUT2D eigenvalue weighted by atomic mass is 16.5. The Hall–Kier alpha value is -0.790. The Morgan fingerprint density at radius 2 is 2.00 bits per heavy atom. The summed E-state index contributed by atoms with van der Waals surface area (Å²) in [5.74, 6) is 0.183. The maximum atomic E-state index is 9.96. The highest BCUT2D eigenvalue weighted by molar-refractivity contribution is 5.69. The molecule has 0 amide bonds. The molecule has 0 saturated heterocycles.